The van der Waals surface area contributed by atoms with Crippen LogP contribution in [0, 0.1) is 10.1 Å². The number of benzene rings is 2. The number of rotatable bonds is 7. The number of thioether (sulfide) groups is 1. The summed E-state index contributed by atoms with van der Waals surface area (Å²) in [5.41, 5.74) is 4.91. The van der Waals surface area contributed by atoms with Gasteiger partial charge < -0.3 is 9.40 Å². The predicted molar refractivity (Wildman–Crippen MR) is 113 cm³/mol. The van der Waals surface area contributed by atoms with Gasteiger partial charge in [-0.1, -0.05) is 23.9 Å². The van der Waals surface area contributed by atoms with Crippen LogP contribution in [0.25, 0.3) is 22.4 Å². The first-order valence-corrected chi connectivity index (χ1v) is 9.81. The average molecular weight is 421 g/mol. The van der Waals surface area contributed by atoms with Crippen LogP contribution in [0.3, 0.4) is 0 Å². The lowest BCUT2D eigenvalue weighted by Gasteiger charge is -1.97. The zero-order valence-electron chi connectivity index (χ0n) is 15.4. The van der Waals surface area contributed by atoms with Crippen molar-refractivity contribution in [2.45, 2.75) is 5.16 Å². The van der Waals surface area contributed by atoms with Crippen molar-refractivity contribution in [3.8, 4) is 11.3 Å². The zero-order chi connectivity index (χ0) is 20.9. The molecule has 4 rings (SSSR count). The Morgan fingerprint density at radius 1 is 1.20 bits per heavy atom. The molecule has 0 aliphatic carbocycles. The molecule has 9 nitrogen and oxygen atoms in total. The molecule has 2 heterocycles. The number of nitro benzene ring substituents is 1. The second-order valence-corrected chi connectivity index (χ2v) is 7.11. The van der Waals surface area contributed by atoms with Crippen LogP contribution in [-0.2, 0) is 4.79 Å². The SMILES string of the molecule is O=C(CSc1nc2ccccc2[nH]1)N/N=C\c1ccc(-c2ccc([N+](=O)[O-])cc2)o1. The van der Waals surface area contributed by atoms with E-state index in [9.17, 15) is 14.9 Å². The van der Waals surface area contributed by atoms with Crippen molar-refractivity contribution in [1.29, 1.82) is 0 Å². The number of nitrogens with zero attached hydrogens (tertiary/aromatic N) is 3. The molecule has 0 unspecified atom stereocenters. The molecule has 10 heteroatoms. The number of hydrogen-bond donors (Lipinski definition) is 2. The van der Waals surface area contributed by atoms with Crippen LogP contribution in [0.15, 0.2) is 75.3 Å². The van der Waals surface area contributed by atoms with Gasteiger partial charge in [0.15, 0.2) is 5.16 Å². The summed E-state index contributed by atoms with van der Waals surface area (Å²) in [6, 6.07) is 17.1. The second kappa shape index (κ2) is 8.62. The number of furan rings is 1. The van der Waals surface area contributed by atoms with Crippen LogP contribution < -0.4 is 5.43 Å². The molecule has 0 atom stereocenters. The largest absolute Gasteiger partial charge is 0.455 e. The highest BCUT2D eigenvalue weighted by Crippen LogP contribution is 2.24. The van der Waals surface area contributed by atoms with Crippen molar-refractivity contribution in [3.05, 3.63) is 76.5 Å². The summed E-state index contributed by atoms with van der Waals surface area (Å²) < 4.78 is 5.62. The minimum Gasteiger partial charge on any atom is -0.455 e. The standard InChI is InChI=1S/C20H15N5O4S/c26-19(12-30-20-22-16-3-1-2-4-17(16)23-20)24-21-11-15-9-10-18(29-15)13-5-7-14(8-6-13)25(27)28/h1-11H,12H2,(H,22,23)(H,24,26)/b21-11-. The van der Waals surface area contributed by atoms with Gasteiger partial charge in [-0.15, -0.1) is 0 Å². The van der Waals surface area contributed by atoms with E-state index in [1.54, 1.807) is 24.3 Å². The van der Waals surface area contributed by atoms with E-state index >= 15 is 0 Å². The lowest BCUT2D eigenvalue weighted by molar-refractivity contribution is -0.384. The maximum atomic E-state index is 12.0. The summed E-state index contributed by atoms with van der Waals surface area (Å²) in [6.45, 7) is 0. The summed E-state index contributed by atoms with van der Waals surface area (Å²) in [6.07, 6.45) is 1.39. The molecule has 0 bridgehead atoms. The molecule has 0 spiro atoms. The number of nitro groups is 1. The summed E-state index contributed by atoms with van der Waals surface area (Å²) in [7, 11) is 0. The number of carbonyl (C=O) groups excluding carboxylic acids is 1. The van der Waals surface area contributed by atoms with Crippen molar-refractivity contribution in [2.75, 3.05) is 5.75 Å². The number of amides is 1. The molecule has 2 N–H and O–H groups in total. The van der Waals surface area contributed by atoms with Gasteiger partial charge in [-0.25, -0.2) is 10.4 Å². The predicted octanol–water partition coefficient (Wildman–Crippen LogP) is 3.97. The van der Waals surface area contributed by atoms with E-state index in [-0.39, 0.29) is 17.3 Å². The first-order chi connectivity index (χ1) is 14.6. The maximum Gasteiger partial charge on any atom is 0.269 e. The lowest BCUT2D eigenvalue weighted by atomic mass is 10.1. The fourth-order valence-electron chi connectivity index (χ4n) is 2.66. The first kappa shape index (κ1) is 19.4. The highest BCUT2D eigenvalue weighted by Gasteiger charge is 2.09. The molecule has 150 valence electrons. The summed E-state index contributed by atoms with van der Waals surface area (Å²) in [5, 5.41) is 15.3. The third-order valence-electron chi connectivity index (χ3n) is 4.08. The molecule has 1 amide bonds. The average Bonchev–Trinajstić information content (AvgIpc) is 3.39. The van der Waals surface area contributed by atoms with Crippen LogP contribution >= 0.6 is 11.8 Å². The van der Waals surface area contributed by atoms with Gasteiger partial charge >= 0.3 is 0 Å². The van der Waals surface area contributed by atoms with Crippen LogP contribution in [0.2, 0.25) is 0 Å². The van der Waals surface area contributed by atoms with Gasteiger partial charge in [0, 0.05) is 17.7 Å². The molecule has 0 saturated heterocycles. The number of imidazole rings is 1. The molecule has 30 heavy (non-hydrogen) atoms. The quantitative estimate of drug-likeness (QED) is 0.201. The fourth-order valence-corrected chi connectivity index (χ4v) is 3.33. The smallest absolute Gasteiger partial charge is 0.269 e. The molecule has 0 aliphatic heterocycles. The molecule has 0 saturated carbocycles. The van der Waals surface area contributed by atoms with Crippen molar-refractivity contribution >= 4 is 40.6 Å². The van der Waals surface area contributed by atoms with Crippen molar-refractivity contribution < 1.29 is 14.1 Å². The Hall–Kier alpha value is -3.92. The minimum atomic E-state index is -0.459. The number of hydrogen-bond acceptors (Lipinski definition) is 7. The Morgan fingerprint density at radius 3 is 2.77 bits per heavy atom. The third-order valence-corrected chi connectivity index (χ3v) is 4.95. The molecular formula is C20H15N5O4S. The molecule has 0 fully saturated rings. The number of para-hydroxylation sites is 2. The summed E-state index contributed by atoms with van der Waals surface area (Å²) >= 11 is 1.28. The molecule has 2 aromatic heterocycles. The van der Waals surface area contributed by atoms with Crippen LogP contribution in [-0.4, -0.2) is 32.8 Å². The first-order valence-electron chi connectivity index (χ1n) is 8.82. The van der Waals surface area contributed by atoms with Gasteiger partial charge in [0.05, 0.1) is 27.9 Å². The number of aromatic nitrogens is 2. The van der Waals surface area contributed by atoms with E-state index in [2.05, 4.69) is 20.5 Å². The number of non-ortho nitro benzene ring substituents is 1. The van der Waals surface area contributed by atoms with E-state index in [0.29, 0.717) is 22.2 Å². The van der Waals surface area contributed by atoms with Crippen molar-refractivity contribution in [2.24, 2.45) is 5.10 Å². The van der Waals surface area contributed by atoms with Gasteiger partial charge in [0.2, 0.25) is 0 Å². The van der Waals surface area contributed by atoms with Crippen LogP contribution in [0.4, 0.5) is 5.69 Å². The van der Waals surface area contributed by atoms with Crippen molar-refractivity contribution in [3.63, 3.8) is 0 Å². The molecular weight excluding hydrogens is 406 g/mol. The topological polar surface area (TPSA) is 126 Å². The van der Waals surface area contributed by atoms with Crippen LogP contribution in [0.1, 0.15) is 5.76 Å². The van der Waals surface area contributed by atoms with Gasteiger partial charge in [-0.3, -0.25) is 14.9 Å². The Morgan fingerprint density at radius 2 is 2.00 bits per heavy atom. The number of fused-ring (bicyclic) bond motifs is 1. The molecule has 0 radical (unpaired) electrons. The number of aromatic amines is 1. The third kappa shape index (κ3) is 4.55. The Labute approximate surface area is 174 Å². The van der Waals surface area contributed by atoms with E-state index in [0.717, 1.165) is 11.0 Å². The van der Waals surface area contributed by atoms with E-state index in [1.807, 2.05) is 24.3 Å². The van der Waals surface area contributed by atoms with E-state index in [1.165, 1.54) is 30.1 Å². The highest BCUT2D eigenvalue weighted by atomic mass is 32.2. The monoisotopic (exact) mass is 421 g/mol. The Balaban J connectivity index is 1.29. The van der Waals surface area contributed by atoms with Crippen molar-refractivity contribution in [1.82, 2.24) is 15.4 Å². The van der Waals surface area contributed by atoms with Crippen LogP contribution in [0.5, 0.6) is 0 Å². The van der Waals surface area contributed by atoms with E-state index < -0.39 is 4.92 Å². The Bertz CT molecular complexity index is 1200. The van der Waals surface area contributed by atoms with E-state index in [4.69, 9.17) is 4.42 Å². The molecule has 2 aromatic carbocycles. The molecule has 0 aliphatic rings. The fraction of sp³-hybridized carbons (Fsp3) is 0.0500. The maximum absolute atomic E-state index is 12.0. The van der Waals surface area contributed by atoms with Gasteiger partial charge in [0.25, 0.3) is 11.6 Å². The highest BCUT2D eigenvalue weighted by molar-refractivity contribution is 7.99. The summed E-state index contributed by atoms with van der Waals surface area (Å²) in [5.74, 6) is 0.856. The lowest BCUT2D eigenvalue weighted by Crippen LogP contribution is -2.19. The van der Waals surface area contributed by atoms with Gasteiger partial charge in [-0.05, 0) is 36.4 Å². The Kier molecular flexibility index (Phi) is 5.57. The summed E-state index contributed by atoms with van der Waals surface area (Å²) in [4.78, 5) is 29.8. The number of nitrogens with one attached hydrogen (secondary N) is 2. The van der Waals surface area contributed by atoms with Gasteiger partial charge in [-0.2, -0.15) is 5.10 Å². The number of hydrazone groups is 1. The number of carbonyl (C=O) groups is 1. The minimum absolute atomic E-state index is 0.00956. The normalized spacial score (nSPS) is 11.2. The van der Waals surface area contributed by atoms with Gasteiger partial charge in [0.1, 0.15) is 11.5 Å². The zero-order valence-corrected chi connectivity index (χ0v) is 16.3. The number of H-pyrrole nitrogens is 1. The second-order valence-electron chi connectivity index (χ2n) is 6.15. The molecule has 4 aromatic rings.